The molecule has 0 saturated heterocycles. The molecule has 0 aliphatic heterocycles. The number of hydrogen-bond acceptors (Lipinski definition) is 4. The largest absolute Gasteiger partial charge is 0.396 e. The molecule has 0 fully saturated rings. The lowest BCUT2D eigenvalue weighted by Gasteiger charge is -2.10. The molecule has 0 unspecified atom stereocenters. The Kier molecular flexibility index (Phi) is 5.17. The zero-order chi connectivity index (χ0) is 21.1. The van der Waals surface area contributed by atoms with E-state index < -0.39 is 5.91 Å². The Morgan fingerprint density at radius 3 is 1.90 bits per heavy atom. The minimum absolute atomic E-state index is 0.199. The Hall–Kier alpha value is -4.13. The van der Waals surface area contributed by atoms with Gasteiger partial charge in [-0.05, 0) is 72.8 Å². The van der Waals surface area contributed by atoms with E-state index in [0.29, 0.717) is 28.2 Å². The van der Waals surface area contributed by atoms with E-state index in [1.165, 1.54) is 30.5 Å². The molecule has 30 heavy (non-hydrogen) atoms. The highest BCUT2D eigenvalue weighted by atomic mass is 19.1. The fraction of sp³-hybridized carbons (Fsp3) is 0. The van der Waals surface area contributed by atoms with Crippen LogP contribution in [0.15, 0.2) is 79.0 Å². The van der Waals surface area contributed by atoms with E-state index in [2.05, 4.69) is 15.3 Å². The van der Waals surface area contributed by atoms with Crippen LogP contribution in [0.2, 0.25) is 0 Å². The summed E-state index contributed by atoms with van der Waals surface area (Å²) in [4.78, 5) is 21.2. The third kappa shape index (κ3) is 4.15. The van der Waals surface area contributed by atoms with Crippen LogP contribution >= 0.6 is 0 Å². The molecule has 148 valence electrons. The topological polar surface area (TPSA) is 80.9 Å². The van der Waals surface area contributed by atoms with Gasteiger partial charge in [0.2, 0.25) is 0 Å². The Labute approximate surface area is 171 Å². The third-order valence-electron chi connectivity index (χ3n) is 4.46. The molecule has 7 heteroatoms. The molecule has 3 N–H and O–H groups in total. The highest BCUT2D eigenvalue weighted by molar-refractivity contribution is 6.05. The number of anilines is 2. The van der Waals surface area contributed by atoms with Crippen LogP contribution in [0, 0.1) is 11.6 Å². The fourth-order valence-electron chi connectivity index (χ4n) is 2.85. The van der Waals surface area contributed by atoms with Gasteiger partial charge in [0.25, 0.3) is 5.91 Å². The van der Waals surface area contributed by atoms with Crippen LogP contribution in [0.3, 0.4) is 0 Å². The monoisotopic (exact) mass is 402 g/mol. The van der Waals surface area contributed by atoms with Crippen molar-refractivity contribution >= 4 is 17.4 Å². The first kappa shape index (κ1) is 19.2. The maximum Gasteiger partial charge on any atom is 0.258 e. The molecular weight excluding hydrogens is 386 g/mol. The van der Waals surface area contributed by atoms with E-state index >= 15 is 0 Å². The number of nitrogens with one attached hydrogen (secondary N) is 1. The van der Waals surface area contributed by atoms with E-state index in [9.17, 15) is 13.6 Å². The van der Waals surface area contributed by atoms with Crippen molar-refractivity contribution in [2.45, 2.75) is 0 Å². The van der Waals surface area contributed by atoms with Gasteiger partial charge in [0.15, 0.2) is 5.82 Å². The van der Waals surface area contributed by atoms with Gasteiger partial charge in [0.05, 0.1) is 22.6 Å². The van der Waals surface area contributed by atoms with Crippen LogP contribution in [0.5, 0.6) is 0 Å². The zero-order valence-electron chi connectivity index (χ0n) is 15.6. The molecule has 0 atom stereocenters. The molecule has 0 spiro atoms. The minimum atomic E-state index is -0.427. The Bertz CT molecular complexity index is 1190. The smallest absolute Gasteiger partial charge is 0.258 e. The van der Waals surface area contributed by atoms with Crippen molar-refractivity contribution in [3.05, 3.63) is 96.2 Å². The highest BCUT2D eigenvalue weighted by Gasteiger charge is 2.12. The van der Waals surface area contributed by atoms with Crippen LogP contribution in [-0.2, 0) is 0 Å². The first-order valence-corrected chi connectivity index (χ1v) is 9.05. The molecule has 1 amide bonds. The summed E-state index contributed by atoms with van der Waals surface area (Å²) in [5.74, 6) is -0.907. The van der Waals surface area contributed by atoms with Crippen LogP contribution in [0.25, 0.3) is 22.5 Å². The van der Waals surface area contributed by atoms with Crippen molar-refractivity contribution in [2.24, 2.45) is 0 Å². The van der Waals surface area contributed by atoms with Crippen LogP contribution in [0.1, 0.15) is 10.4 Å². The van der Waals surface area contributed by atoms with Crippen molar-refractivity contribution in [3.8, 4) is 22.5 Å². The van der Waals surface area contributed by atoms with E-state index in [1.807, 2.05) is 0 Å². The molecule has 5 nitrogen and oxygen atoms in total. The Balaban J connectivity index is 1.54. The van der Waals surface area contributed by atoms with Crippen LogP contribution in [0.4, 0.5) is 20.3 Å². The summed E-state index contributed by atoms with van der Waals surface area (Å²) < 4.78 is 26.2. The number of nitrogens with zero attached hydrogens (tertiary/aromatic N) is 2. The summed E-state index contributed by atoms with van der Waals surface area (Å²) in [6.45, 7) is 0. The lowest BCUT2D eigenvalue weighted by molar-refractivity contribution is 0.102. The normalized spacial score (nSPS) is 10.6. The van der Waals surface area contributed by atoms with Gasteiger partial charge in [-0.3, -0.25) is 9.78 Å². The summed E-state index contributed by atoms with van der Waals surface area (Å²) in [6.07, 6.45) is 1.42. The number of amides is 1. The summed E-state index contributed by atoms with van der Waals surface area (Å²) in [5, 5.41) is 2.68. The quantitative estimate of drug-likeness (QED) is 0.508. The average Bonchev–Trinajstić information content (AvgIpc) is 2.76. The van der Waals surface area contributed by atoms with E-state index in [1.54, 1.807) is 48.5 Å². The molecule has 2 aromatic heterocycles. The second kappa shape index (κ2) is 8.08. The molecule has 4 aromatic rings. The van der Waals surface area contributed by atoms with Crippen molar-refractivity contribution in [1.82, 2.24) is 9.97 Å². The lowest BCUT2D eigenvalue weighted by Crippen LogP contribution is -2.15. The number of benzene rings is 2. The van der Waals surface area contributed by atoms with Gasteiger partial charge in [-0.25, -0.2) is 13.8 Å². The maximum absolute atomic E-state index is 13.1. The summed E-state index contributed by atoms with van der Waals surface area (Å²) >= 11 is 0. The molecule has 0 bridgehead atoms. The predicted octanol–water partition coefficient (Wildman–Crippen LogP) is 4.92. The molecular formula is C23H16F2N4O. The van der Waals surface area contributed by atoms with E-state index in [4.69, 9.17) is 5.73 Å². The summed E-state index contributed by atoms with van der Waals surface area (Å²) in [7, 11) is 0. The van der Waals surface area contributed by atoms with Gasteiger partial charge >= 0.3 is 0 Å². The summed E-state index contributed by atoms with van der Waals surface area (Å²) in [6, 6.07) is 18.4. The van der Waals surface area contributed by atoms with Gasteiger partial charge in [-0.15, -0.1) is 0 Å². The first-order chi connectivity index (χ1) is 14.5. The number of carbonyl (C=O) groups excluding carboxylic acids is 1. The predicted molar refractivity (Wildman–Crippen MR) is 112 cm³/mol. The number of pyridine rings is 2. The molecule has 4 rings (SSSR count). The zero-order valence-corrected chi connectivity index (χ0v) is 15.6. The van der Waals surface area contributed by atoms with Crippen LogP contribution in [-0.4, -0.2) is 15.9 Å². The Morgan fingerprint density at radius 1 is 0.767 bits per heavy atom. The van der Waals surface area contributed by atoms with Gasteiger partial charge in [0, 0.05) is 17.3 Å². The van der Waals surface area contributed by atoms with Gasteiger partial charge in [0.1, 0.15) is 11.6 Å². The number of hydrogen-bond donors (Lipinski definition) is 2. The molecule has 0 radical (unpaired) electrons. The minimum Gasteiger partial charge on any atom is -0.396 e. The van der Waals surface area contributed by atoms with Gasteiger partial charge in [-0.1, -0.05) is 0 Å². The second-order valence-electron chi connectivity index (χ2n) is 6.53. The third-order valence-corrected chi connectivity index (χ3v) is 4.46. The number of carbonyl (C=O) groups is 1. The lowest BCUT2D eigenvalue weighted by atomic mass is 10.1. The SMILES string of the molecule is Nc1ccc(-c2ccc(F)cc2)nc1NC(=O)c1ccc(-c2ccc(F)cc2)nc1. The molecule has 0 saturated carbocycles. The van der Waals surface area contributed by atoms with Gasteiger partial charge in [-0.2, -0.15) is 0 Å². The van der Waals surface area contributed by atoms with Crippen molar-refractivity contribution < 1.29 is 13.6 Å². The number of halogens is 2. The maximum atomic E-state index is 13.1. The molecule has 0 aliphatic carbocycles. The molecule has 2 aromatic carbocycles. The van der Waals surface area contributed by atoms with Gasteiger partial charge < -0.3 is 11.1 Å². The Morgan fingerprint density at radius 2 is 1.33 bits per heavy atom. The van der Waals surface area contributed by atoms with Crippen molar-refractivity contribution in [3.63, 3.8) is 0 Å². The first-order valence-electron chi connectivity index (χ1n) is 9.05. The van der Waals surface area contributed by atoms with E-state index in [0.717, 1.165) is 5.56 Å². The fourth-order valence-corrected chi connectivity index (χ4v) is 2.85. The number of nitrogens with two attached hydrogens (primary N) is 1. The van der Waals surface area contributed by atoms with E-state index in [-0.39, 0.29) is 17.5 Å². The standard InChI is InChI=1S/C23H16F2N4O/c24-17-6-1-14(2-7-17)20-11-5-16(13-27-20)23(30)29-22-19(26)10-12-21(28-22)15-3-8-18(25)9-4-15/h1-13H,26H2,(H,28,29,30). The highest BCUT2D eigenvalue weighted by Crippen LogP contribution is 2.24. The summed E-state index contributed by atoms with van der Waals surface area (Å²) in [5.41, 5.74) is 9.15. The van der Waals surface area contributed by atoms with Crippen molar-refractivity contribution in [2.75, 3.05) is 11.1 Å². The molecule has 0 aliphatic rings. The molecule has 2 heterocycles. The van der Waals surface area contributed by atoms with Crippen LogP contribution < -0.4 is 11.1 Å². The number of nitrogen functional groups attached to an aromatic ring is 1. The number of aromatic nitrogens is 2. The average molecular weight is 402 g/mol. The van der Waals surface area contributed by atoms with Crippen molar-refractivity contribution in [1.29, 1.82) is 0 Å². The second-order valence-corrected chi connectivity index (χ2v) is 6.53. The number of rotatable bonds is 4.